The van der Waals surface area contributed by atoms with Crippen LogP contribution in [-0.4, -0.2) is 5.11 Å². The number of hydrogen-bond donors (Lipinski definition) is 2. The second-order valence-electron chi connectivity index (χ2n) is 4.66. The molecule has 0 aliphatic carbocycles. The number of terminal acetylenes is 1. The fourth-order valence-corrected chi connectivity index (χ4v) is 2.07. The molecule has 2 N–H and O–H groups in total. The van der Waals surface area contributed by atoms with Gasteiger partial charge in [-0.05, 0) is 48.7 Å². The molecule has 2 nitrogen and oxygen atoms in total. The molecule has 0 amide bonds. The molecule has 19 heavy (non-hydrogen) atoms. The largest absolute Gasteiger partial charge is 0.507 e. The van der Waals surface area contributed by atoms with E-state index < -0.39 is 0 Å². The maximum Gasteiger partial charge on any atom is 0.121 e. The summed E-state index contributed by atoms with van der Waals surface area (Å²) < 4.78 is 0. The summed E-state index contributed by atoms with van der Waals surface area (Å²) in [5.41, 5.74) is 4.80. The Kier molecular flexibility index (Phi) is 3.77. The van der Waals surface area contributed by atoms with E-state index in [1.165, 1.54) is 0 Å². The number of hydrogen-bond acceptors (Lipinski definition) is 2. The van der Waals surface area contributed by atoms with Gasteiger partial charge in [-0.15, -0.1) is 6.42 Å². The van der Waals surface area contributed by atoms with Crippen LogP contribution in [0.3, 0.4) is 0 Å². The summed E-state index contributed by atoms with van der Waals surface area (Å²) in [6.45, 7) is 4.52. The van der Waals surface area contributed by atoms with Crippen LogP contribution in [0, 0.1) is 26.2 Å². The normalized spacial score (nSPS) is 9.95. The predicted octanol–water partition coefficient (Wildman–Crippen LogP) is 3.60. The Bertz CT molecular complexity index is 615. The molecule has 2 rings (SSSR count). The van der Waals surface area contributed by atoms with E-state index in [1.54, 1.807) is 0 Å². The minimum atomic E-state index is 0.373. The standard InChI is InChI=1S/C17H17NO/c1-4-14-6-5-7-16(10-14)18-11-15-8-12(2)17(19)13(3)9-15/h1,5-10,18-19H,11H2,2-3H3. The number of anilines is 1. The third-order valence-corrected chi connectivity index (χ3v) is 3.08. The Morgan fingerprint density at radius 2 is 1.84 bits per heavy atom. The molecule has 0 spiro atoms. The van der Waals surface area contributed by atoms with E-state index in [2.05, 4.69) is 11.2 Å². The first kappa shape index (κ1) is 13.0. The maximum absolute atomic E-state index is 9.74. The van der Waals surface area contributed by atoms with Crippen molar-refractivity contribution in [3.8, 4) is 18.1 Å². The first-order valence-corrected chi connectivity index (χ1v) is 6.20. The van der Waals surface area contributed by atoms with Crippen LogP contribution in [0.2, 0.25) is 0 Å². The summed E-state index contributed by atoms with van der Waals surface area (Å²) in [7, 11) is 0. The van der Waals surface area contributed by atoms with E-state index in [-0.39, 0.29) is 0 Å². The first-order valence-electron chi connectivity index (χ1n) is 6.20. The first-order chi connectivity index (χ1) is 9.10. The van der Waals surface area contributed by atoms with Gasteiger partial charge in [-0.25, -0.2) is 0 Å². The lowest BCUT2D eigenvalue weighted by atomic mass is 10.1. The highest BCUT2D eigenvalue weighted by atomic mass is 16.3. The number of nitrogens with one attached hydrogen (secondary N) is 1. The van der Waals surface area contributed by atoms with Gasteiger partial charge >= 0.3 is 0 Å². The zero-order valence-corrected chi connectivity index (χ0v) is 11.2. The fourth-order valence-electron chi connectivity index (χ4n) is 2.07. The number of phenolic OH excluding ortho intramolecular Hbond substituents is 1. The van der Waals surface area contributed by atoms with Crippen molar-refractivity contribution in [2.45, 2.75) is 20.4 Å². The molecule has 96 valence electrons. The van der Waals surface area contributed by atoms with Gasteiger partial charge in [0.15, 0.2) is 0 Å². The molecule has 0 radical (unpaired) electrons. The summed E-state index contributed by atoms with van der Waals surface area (Å²) in [6.07, 6.45) is 5.38. The third kappa shape index (κ3) is 3.08. The monoisotopic (exact) mass is 251 g/mol. The maximum atomic E-state index is 9.74. The molecule has 0 fully saturated rings. The van der Waals surface area contributed by atoms with Crippen molar-refractivity contribution in [2.75, 3.05) is 5.32 Å². The Morgan fingerprint density at radius 3 is 2.47 bits per heavy atom. The van der Waals surface area contributed by atoms with E-state index >= 15 is 0 Å². The summed E-state index contributed by atoms with van der Waals surface area (Å²) in [5, 5.41) is 13.1. The summed E-state index contributed by atoms with van der Waals surface area (Å²) in [5.74, 6) is 2.99. The minimum Gasteiger partial charge on any atom is -0.507 e. The fraction of sp³-hybridized carbons (Fsp3) is 0.176. The average molecular weight is 251 g/mol. The van der Waals surface area contributed by atoms with Gasteiger partial charge in [0.1, 0.15) is 5.75 Å². The lowest BCUT2D eigenvalue weighted by Crippen LogP contribution is -2.00. The Morgan fingerprint density at radius 1 is 1.16 bits per heavy atom. The van der Waals surface area contributed by atoms with Crippen LogP contribution < -0.4 is 5.32 Å². The highest BCUT2D eigenvalue weighted by Crippen LogP contribution is 2.23. The molecule has 2 aromatic carbocycles. The number of benzene rings is 2. The van der Waals surface area contributed by atoms with Crippen molar-refractivity contribution >= 4 is 5.69 Å². The molecule has 0 aromatic heterocycles. The van der Waals surface area contributed by atoms with E-state index in [0.29, 0.717) is 12.3 Å². The summed E-state index contributed by atoms with van der Waals surface area (Å²) in [4.78, 5) is 0. The molecule has 0 saturated carbocycles. The predicted molar refractivity (Wildman–Crippen MR) is 79.3 cm³/mol. The van der Waals surface area contributed by atoms with Crippen LogP contribution in [0.15, 0.2) is 36.4 Å². The lowest BCUT2D eigenvalue weighted by Gasteiger charge is -2.10. The second-order valence-corrected chi connectivity index (χ2v) is 4.66. The van der Waals surface area contributed by atoms with E-state index in [0.717, 1.165) is 27.9 Å². The number of aromatic hydroxyl groups is 1. The van der Waals surface area contributed by atoms with Crippen molar-refractivity contribution in [1.29, 1.82) is 0 Å². The zero-order chi connectivity index (χ0) is 13.8. The van der Waals surface area contributed by atoms with Crippen LogP contribution in [0.1, 0.15) is 22.3 Å². The van der Waals surface area contributed by atoms with Crippen LogP contribution in [-0.2, 0) is 6.54 Å². The highest BCUT2D eigenvalue weighted by Gasteiger charge is 2.03. The van der Waals surface area contributed by atoms with Gasteiger partial charge in [0.25, 0.3) is 0 Å². The van der Waals surface area contributed by atoms with Gasteiger partial charge in [0.05, 0.1) is 0 Å². The van der Waals surface area contributed by atoms with Crippen LogP contribution >= 0.6 is 0 Å². The molecule has 0 heterocycles. The van der Waals surface area contributed by atoms with Gasteiger partial charge in [-0.1, -0.05) is 24.1 Å². The third-order valence-electron chi connectivity index (χ3n) is 3.08. The van der Waals surface area contributed by atoms with Gasteiger partial charge in [-0.2, -0.15) is 0 Å². The van der Waals surface area contributed by atoms with Gasteiger partial charge in [-0.3, -0.25) is 0 Å². The topological polar surface area (TPSA) is 32.3 Å². The van der Waals surface area contributed by atoms with Crippen molar-refractivity contribution in [2.24, 2.45) is 0 Å². The number of rotatable bonds is 3. The SMILES string of the molecule is C#Cc1cccc(NCc2cc(C)c(O)c(C)c2)c1. The molecule has 0 unspecified atom stereocenters. The van der Waals surface area contributed by atoms with Crippen LogP contribution in [0.25, 0.3) is 0 Å². The lowest BCUT2D eigenvalue weighted by molar-refractivity contribution is 0.466. The zero-order valence-electron chi connectivity index (χ0n) is 11.2. The Labute approximate surface area is 114 Å². The van der Waals surface area contributed by atoms with Gasteiger partial charge in [0.2, 0.25) is 0 Å². The van der Waals surface area contributed by atoms with Gasteiger partial charge < -0.3 is 10.4 Å². The highest BCUT2D eigenvalue weighted by molar-refractivity contribution is 5.51. The van der Waals surface area contributed by atoms with E-state index in [4.69, 9.17) is 6.42 Å². The van der Waals surface area contributed by atoms with E-state index in [1.807, 2.05) is 50.2 Å². The van der Waals surface area contributed by atoms with Crippen molar-refractivity contribution in [3.63, 3.8) is 0 Å². The molecule has 0 atom stereocenters. The molecular weight excluding hydrogens is 234 g/mol. The second kappa shape index (κ2) is 5.49. The average Bonchev–Trinajstić information content (AvgIpc) is 2.42. The van der Waals surface area contributed by atoms with Gasteiger partial charge in [0, 0.05) is 17.8 Å². The molecule has 2 heteroatoms. The summed E-state index contributed by atoms with van der Waals surface area (Å²) >= 11 is 0. The smallest absolute Gasteiger partial charge is 0.121 e. The summed E-state index contributed by atoms with van der Waals surface area (Å²) in [6, 6.07) is 11.7. The molecule has 0 aliphatic heterocycles. The van der Waals surface area contributed by atoms with Crippen LogP contribution in [0.4, 0.5) is 5.69 Å². The Balaban J connectivity index is 2.12. The molecule has 0 saturated heterocycles. The number of phenols is 1. The molecular formula is C17H17NO. The quantitative estimate of drug-likeness (QED) is 0.817. The van der Waals surface area contributed by atoms with Crippen molar-refractivity contribution in [3.05, 3.63) is 58.7 Å². The van der Waals surface area contributed by atoms with Crippen molar-refractivity contribution in [1.82, 2.24) is 0 Å². The van der Waals surface area contributed by atoms with Crippen molar-refractivity contribution < 1.29 is 5.11 Å². The molecule has 2 aromatic rings. The van der Waals surface area contributed by atoms with Crippen LogP contribution in [0.5, 0.6) is 5.75 Å². The minimum absolute atomic E-state index is 0.373. The molecule has 0 bridgehead atoms. The Hall–Kier alpha value is -2.40. The number of aryl methyl sites for hydroxylation is 2. The molecule has 0 aliphatic rings. The van der Waals surface area contributed by atoms with E-state index in [9.17, 15) is 5.11 Å².